The van der Waals surface area contributed by atoms with Gasteiger partial charge < -0.3 is 5.32 Å². The molecular formula is C13H16F2N2S. The van der Waals surface area contributed by atoms with E-state index in [9.17, 15) is 8.78 Å². The fourth-order valence-electron chi connectivity index (χ4n) is 1.78. The van der Waals surface area contributed by atoms with Gasteiger partial charge >= 0.3 is 0 Å². The van der Waals surface area contributed by atoms with Gasteiger partial charge in [0.2, 0.25) is 0 Å². The molecule has 1 aromatic carbocycles. The quantitative estimate of drug-likeness (QED) is 0.879. The van der Waals surface area contributed by atoms with E-state index in [1.165, 1.54) is 12.1 Å². The number of thioether (sulfide) groups is 1. The van der Waals surface area contributed by atoms with Crippen LogP contribution in [0.4, 0.5) is 14.5 Å². The summed E-state index contributed by atoms with van der Waals surface area (Å²) in [6.45, 7) is 3.62. The van der Waals surface area contributed by atoms with Crippen molar-refractivity contribution >= 4 is 22.6 Å². The van der Waals surface area contributed by atoms with Crippen LogP contribution in [0.25, 0.3) is 0 Å². The number of rotatable bonds is 2. The van der Waals surface area contributed by atoms with Crippen molar-refractivity contribution in [1.29, 1.82) is 0 Å². The largest absolute Gasteiger partial charge is 0.333 e. The van der Waals surface area contributed by atoms with Crippen LogP contribution in [0.1, 0.15) is 25.3 Å². The van der Waals surface area contributed by atoms with Gasteiger partial charge in [0.15, 0.2) is 5.17 Å². The van der Waals surface area contributed by atoms with E-state index in [0.29, 0.717) is 10.7 Å². The monoisotopic (exact) mass is 270 g/mol. The third kappa shape index (κ3) is 3.02. The molecule has 98 valence electrons. The number of hydrogen-bond acceptors (Lipinski definition) is 3. The fraction of sp³-hybridized carbons (Fsp3) is 0.462. The molecule has 2 rings (SSSR count). The van der Waals surface area contributed by atoms with Crippen LogP contribution in [-0.4, -0.2) is 17.0 Å². The van der Waals surface area contributed by atoms with E-state index in [0.717, 1.165) is 18.6 Å². The van der Waals surface area contributed by atoms with Gasteiger partial charge in [-0.3, -0.25) is 4.99 Å². The second-order valence-electron chi connectivity index (χ2n) is 4.34. The van der Waals surface area contributed by atoms with Gasteiger partial charge in [-0.1, -0.05) is 18.7 Å². The molecular weight excluding hydrogens is 254 g/mol. The van der Waals surface area contributed by atoms with Gasteiger partial charge in [-0.25, -0.2) is 8.78 Å². The van der Waals surface area contributed by atoms with Gasteiger partial charge in [0.05, 0.1) is 11.7 Å². The number of halogens is 2. The van der Waals surface area contributed by atoms with Crippen molar-refractivity contribution in [2.45, 2.75) is 32.7 Å². The zero-order valence-corrected chi connectivity index (χ0v) is 11.3. The maximum atomic E-state index is 13.7. The first-order valence-electron chi connectivity index (χ1n) is 6.03. The third-order valence-electron chi connectivity index (χ3n) is 2.95. The van der Waals surface area contributed by atoms with Crippen molar-refractivity contribution in [2.24, 2.45) is 4.99 Å². The van der Waals surface area contributed by atoms with Gasteiger partial charge in [0, 0.05) is 11.8 Å². The summed E-state index contributed by atoms with van der Waals surface area (Å²) in [5, 5.41) is 3.56. The van der Waals surface area contributed by atoms with E-state index < -0.39 is 11.6 Å². The normalized spacial score (nSPS) is 19.6. The molecule has 1 N–H and O–H groups in total. The summed E-state index contributed by atoms with van der Waals surface area (Å²) in [7, 11) is 0. The lowest BCUT2D eigenvalue weighted by atomic mass is 10.2. The molecule has 0 fully saturated rings. The average molecular weight is 270 g/mol. The molecule has 1 aromatic rings. The summed E-state index contributed by atoms with van der Waals surface area (Å²) in [6, 6.07) is 2.67. The van der Waals surface area contributed by atoms with Gasteiger partial charge in [-0.15, -0.1) is 0 Å². The summed E-state index contributed by atoms with van der Waals surface area (Å²) in [6.07, 6.45) is 2.01. The van der Waals surface area contributed by atoms with Crippen molar-refractivity contribution in [1.82, 2.24) is 0 Å². The van der Waals surface area contributed by atoms with Crippen LogP contribution in [0.2, 0.25) is 0 Å². The summed E-state index contributed by atoms with van der Waals surface area (Å²) in [5.41, 5.74) is 0.462. The molecule has 1 atom stereocenters. The minimum absolute atomic E-state index is 0.154. The first-order chi connectivity index (χ1) is 8.60. The predicted octanol–water partition coefficient (Wildman–Crippen LogP) is 3.96. The molecule has 0 aliphatic carbocycles. The molecule has 0 saturated carbocycles. The Balaban J connectivity index is 2.19. The number of benzene rings is 1. The number of hydrogen-bond donors (Lipinski definition) is 1. The van der Waals surface area contributed by atoms with Gasteiger partial charge in [-0.2, -0.15) is 0 Å². The van der Waals surface area contributed by atoms with Crippen LogP contribution in [0.3, 0.4) is 0 Å². The Hall–Kier alpha value is -1.10. The Kier molecular flexibility index (Phi) is 4.22. The summed E-state index contributed by atoms with van der Waals surface area (Å²) in [4.78, 5) is 4.47. The smallest absolute Gasteiger partial charge is 0.161 e. The Morgan fingerprint density at radius 1 is 1.39 bits per heavy atom. The fourth-order valence-corrected chi connectivity index (χ4v) is 2.77. The van der Waals surface area contributed by atoms with Gasteiger partial charge in [0.1, 0.15) is 11.6 Å². The Morgan fingerprint density at radius 3 is 2.89 bits per heavy atom. The Labute approximate surface area is 110 Å². The molecule has 2 nitrogen and oxygen atoms in total. The number of nitrogens with one attached hydrogen (secondary N) is 1. The molecule has 5 heteroatoms. The highest BCUT2D eigenvalue weighted by Gasteiger charge is 2.16. The van der Waals surface area contributed by atoms with Crippen molar-refractivity contribution < 1.29 is 8.78 Å². The molecule has 0 aromatic heterocycles. The summed E-state index contributed by atoms with van der Waals surface area (Å²) < 4.78 is 27.1. The van der Waals surface area contributed by atoms with Crippen molar-refractivity contribution in [3.63, 3.8) is 0 Å². The minimum Gasteiger partial charge on any atom is -0.333 e. The summed E-state index contributed by atoms with van der Waals surface area (Å²) in [5.74, 6) is 0.100. The van der Waals surface area contributed by atoms with Crippen LogP contribution in [0.5, 0.6) is 0 Å². The van der Waals surface area contributed by atoms with Crippen molar-refractivity contribution in [3.8, 4) is 0 Å². The van der Waals surface area contributed by atoms with Crippen LogP contribution >= 0.6 is 11.8 Å². The van der Waals surface area contributed by atoms with Crippen molar-refractivity contribution in [2.75, 3.05) is 11.1 Å². The second kappa shape index (κ2) is 5.69. The SMILES string of the molecule is CCC1CCSC(Nc2cc(F)c(C)cc2F)=N1. The molecule has 1 aliphatic rings. The standard InChI is InChI=1S/C13H16F2N2S/c1-3-9-4-5-18-13(16-9)17-12-7-10(14)8(2)6-11(12)15/h6-7,9H,3-5H2,1-2H3,(H,16,17). The first kappa shape index (κ1) is 13.3. The van der Waals surface area contributed by atoms with E-state index >= 15 is 0 Å². The van der Waals surface area contributed by atoms with E-state index in [2.05, 4.69) is 17.2 Å². The van der Waals surface area contributed by atoms with Crippen LogP contribution in [0.15, 0.2) is 17.1 Å². The predicted molar refractivity (Wildman–Crippen MR) is 73.3 cm³/mol. The van der Waals surface area contributed by atoms with Crippen molar-refractivity contribution in [3.05, 3.63) is 29.3 Å². The lowest BCUT2D eigenvalue weighted by Crippen LogP contribution is -2.20. The number of aliphatic imine (C=N–C) groups is 1. The zero-order valence-electron chi connectivity index (χ0n) is 10.5. The molecule has 0 amide bonds. The molecule has 18 heavy (non-hydrogen) atoms. The highest BCUT2D eigenvalue weighted by Crippen LogP contribution is 2.24. The molecule has 0 bridgehead atoms. The number of aryl methyl sites for hydroxylation is 1. The van der Waals surface area contributed by atoms with Crippen LogP contribution in [-0.2, 0) is 0 Å². The van der Waals surface area contributed by atoms with E-state index in [-0.39, 0.29) is 11.7 Å². The maximum Gasteiger partial charge on any atom is 0.161 e. The zero-order chi connectivity index (χ0) is 13.1. The molecule has 1 heterocycles. The third-order valence-corrected chi connectivity index (χ3v) is 3.87. The number of anilines is 1. The van der Waals surface area contributed by atoms with E-state index in [4.69, 9.17) is 0 Å². The van der Waals surface area contributed by atoms with Crippen LogP contribution in [0, 0.1) is 18.6 Å². The number of nitrogens with zero attached hydrogens (tertiary/aromatic N) is 1. The Bertz CT molecular complexity index is 474. The summed E-state index contributed by atoms with van der Waals surface area (Å²) >= 11 is 1.55. The Morgan fingerprint density at radius 2 is 2.17 bits per heavy atom. The molecule has 1 unspecified atom stereocenters. The van der Waals surface area contributed by atoms with Gasteiger partial charge in [0.25, 0.3) is 0 Å². The number of amidine groups is 1. The molecule has 1 aliphatic heterocycles. The molecule has 0 radical (unpaired) electrons. The molecule has 0 saturated heterocycles. The van der Waals surface area contributed by atoms with Gasteiger partial charge in [-0.05, 0) is 31.4 Å². The highest BCUT2D eigenvalue weighted by atomic mass is 32.2. The van der Waals surface area contributed by atoms with Crippen LogP contribution < -0.4 is 5.32 Å². The maximum absolute atomic E-state index is 13.7. The molecule has 0 spiro atoms. The van der Waals surface area contributed by atoms with E-state index in [1.54, 1.807) is 18.7 Å². The second-order valence-corrected chi connectivity index (χ2v) is 5.42. The first-order valence-corrected chi connectivity index (χ1v) is 7.02. The average Bonchev–Trinajstić information content (AvgIpc) is 2.36. The lowest BCUT2D eigenvalue weighted by molar-refractivity contribution is 0.595. The minimum atomic E-state index is -0.448. The topological polar surface area (TPSA) is 24.4 Å². The van der Waals surface area contributed by atoms with E-state index in [1.807, 2.05) is 0 Å². The lowest BCUT2D eigenvalue weighted by Gasteiger charge is -2.19. The highest BCUT2D eigenvalue weighted by molar-refractivity contribution is 8.14.